The molecule has 102 valence electrons. The normalized spacial score (nSPS) is 12.4. The van der Waals surface area contributed by atoms with Gasteiger partial charge in [-0.25, -0.2) is 4.98 Å². The maximum absolute atomic E-state index is 6.02. The molecule has 19 heavy (non-hydrogen) atoms. The molecule has 0 saturated carbocycles. The molecule has 4 heteroatoms. The largest absolute Gasteiger partial charge is 0.487 e. The second kappa shape index (κ2) is 6.68. The molecule has 1 unspecified atom stereocenters. The fraction of sp³-hybridized carbons (Fsp3) is 0.400. The van der Waals surface area contributed by atoms with Crippen LogP contribution in [-0.4, -0.2) is 11.0 Å². The van der Waals surface area contributed by atoms with Gasteiger partial charge in [0.1, 0.15) is 12.4 Å². The Balaban J connectivity index is 2.03. The number of rotatable bonds is 6. The lowest BCUT2D eigenvalue weighted by atomic mass is 10.0. The highest BCUT2D eigenvalue weighted by molar-refractivity contribution is 7.09. The van der Waals surface area contributed by atoms with Crippen LogP contribution in [0.4, 0.5) is 0 Å². The Morgan fingerprint density at radius 3 is 2.84 bits per heavy atom. The van der Waals surface area contributed by atoms with E-state index in [1.54, 1.807) is 11.3 Å². The number of ether oxygens (including phenoxy) is 1. The van der Waals surface area contributed by atoms with Gasteiger partial charge in [-0.05, 0) is 31.4 Å². The molecule has 1 heterocycles. The van der Waals surface area contributed by atoms with Gasteiger partial charge in [-0.3, -0.25) is 0 Å². The number of benzene rings is 1. The van der Waals surface area contributed by atoms with Crippen molar-refractivity contribution in [3.8, 4) is 5.75 Å². The first-order valence-corrected chi connectivity index (χ1v) is 7.44. The second-order valence-corrected chi connectivity index (χ2v) is 5.69. The van der Waals surface area contributed by atoms with Crippen LogP contribution in [0.2, 0.25) is 0 Å². The lowest BCUT2D eigenvalue weighted by Gasteiger charge is -2.13. The van der Waals surface area contributed by atoms with E-state index < -0.39 is 0 Å². The predicted molar refractivity (Wildman–Crippen MR) is 79.6 cm³/mol. The summed E-state index contributed by atoms with van der Waals surface area (Å²) < 4.78 is 5.87. The third-order valence-electron chi connectivity index (χ3n) is 3.02. The minimum atomic E-state index is 0.186. The molecule has 0 fully saturated rings. The highest BCUT2D eigenvalue weighted by atomic mass is 32.1. The molecule has 1 aromatic heterocycles. The molecule has 2 N–H and O–H groups in total. The molecule has 0 spiro atoms. The fourth-order valence-electron chi connectivity index (χ4n) is 1.87. The number of nitrogens with two attached hydrogens (primary N) is 1. The maximum atomic E-state index is 6.02. The summed E-state index contributed by atoms with van der Waals surface area (Å²) in [5.41, 5.74) is 8.17. The first kappa shape index (κ1) is 14.0. The van der Waals surface area contributed by atoms with Gasteiger partial charge in [0, 0.05) is 11.4 Å². The number of hydrogen-bond donors (Lipinski definition) is 1. The van der Waals surface area contributed by atoms with Crippen molar-refractivity contribution in [2.75, 3.05) is 0 Å². The first-order valence-electron chi connectivity index (χ1n) is 6.56. The Kier molecular flexibility index (Phi) is 4.93. The summed E-state index contributed by atoms with van der Waals surface area (Å²) in [6, 6.07) is 8.28. The molecule has 1 aromatic carbocycles. The van der Waals surface area contributed by atoms with Gasteiger partial charge in [-0.15, -0.1) is 11.3 Å². The van der Waals surface area contributed by atoms with Crippen LogP contribution < -0.4 is 10.5 Å². The molecule has 0 aliphatic heterocycles. The lowest BCUT2D eigenvalue weighted by molar-refractivity contribution is 0.298. The van der Waals surface area contributed by atoms with Crippen molar-refractivity contribution >= 4 is 11.3 Å². The molecule has 2 aromatic rings. The van der Waals surface area contributed by atoms with Crippen molar-refractivity contribution in [2.45, 2.75) is 39.3 Å². The Labute approximate surface area is 118 Å². The lowest BCUT2D eigenvalue weighted by Crippen LogP contribution is -2.21. The molecule has 0 bridgehead atoms. The molecule has 0 aliphatic carbocycles. The number of hydrogen-bond acceptors (Lipinski definition) is 4. The van der Waals surface area contributed by atoms with E-state index in [0.29, 0.717) is 6.61 Å². The van der Waals surface area contributed by atoms with E-state index in [0.717, 1.165) is 29.3 Å². The van der Waals surface area contributed by atoms with E-state index in [-0.39, 0.29) is 6.04 Å². The number of nitrogens with zero attached hydrogens (tertiary/aromatic N) is 1. The Morgan fingerprint density at radius 2 is 2.16 bits per heavy atom. The minimum Gasteiger partial charge on any atom is -0.487 e. The fourth-order valence-corrected chi connectivity index (χ4v) is 2.46. The highest BCUT2D eigenvalue weighted by Crippen LogP contribution is 2.21. The van der Waals surface area contributed by atoms with Crippen LogP contribution in [0.5, 0.6) is 5.75 Å². The molecule has 1 atom stereocenters. The number of thiazole rings is 1. The van der Waals surface area contributed by atoms with Gasteiger partial charge in [-0.2, -0.15) is 0 Å². The van der Waals surface area contributed by atoms with Crippen molar-refractivity contribution in [1.82, 2.24) is 4.98 Å². The topological polar surface area (TPSA) is 48.1 Å². The van der Waals surface area contributed by atoms with Gasteiger partial charge in [-0.1, -0.05) is 25.1 Å². The van der Waals surface area contributed by atoms with Crippen LogP contribution in [0.1, 0.15) is 29.6 Å². The average Bonchev–Trinajstić information content (AvgIpc) is 2.83. The second-order valence-electron chi connectivity index (χ2n) is 4.63. The van der Waals surface area contributed by atoms with Crippen molar-refractivity contribution in [2.24, 2.45) is 5.73 Å². The summed E-state index contributed by atoms with van der Waals surface area (Å²) in [7, 11) is 0. The molecule has 0 radical (unpaired) electrons. The molecule has 0 saturated heterocycles. The van der Waals surface area contributed by atoms with Gasteiger partial charge in [0.05, 0.1) is 10.7 Å². The van der Waals surface area contributed by atoms with Crippen molar-refractivity contribution in [1.29, 1.82) is 0 Å². The molecular weight excluding hydrogens is 256 g/mol. The van der Waals surface area contributed by atoms with Crippen LogP contribution in [0, 0.1) is 6.92 Å². The summed E-state index contributed by atoms with van der Waals surface area (Å²) in [5, 5.41) is 3.11. The van der Waals surface area contributed by atoms with Crippen LogP contribution in [0.3, 0.4) is 0 Å². The number of para-hydroxylation sites is 1. The zero-order valence-electron chi connectivity index (χ0n) is 11.4. The van der Waals surface area contributed by atoms with Gasteiger partial charge in [0.25, 0.3) is 0 Å². The third-order valence-corrected chi connectivity index (χ3v) is 3.84. The zero-order valence-corrected chi connectivity index (χ0v) is 12.2. The smallest absolute Gasteiger partial charge is 0.131 e. The van der Waals surface area contributed by atoms with Crippen LogP contribution in [0.15, 0.2) is 29.6 Å². The summed E-state index contributed by atoms with van der Waals surface area (Å²) in [4.78, 5) is 4.40. The predicted octanol–water partition coefficient (Wildman–Crippen LogP) is 3.31. The van der Waals surface area contributed by atoms with E-state index in [4.69, 9.17) is 10.5 Å². The Morgan fingerprint density at radius 1 is 1.37 bits per heavy atom. The van der Waals surface area contributed by atoms with E-state index in [9.17, 15) is 0 Å². The quantitative estimate of drug-likeness (QED) is 0.880. The van der Waals surface area contributed by atoms with E-state index in [1.807, 2.05) is 30.5 Å². The van der Waals surface area contributed by atoms with E-state index in [2.05, 4.69) is 18.0 Å². The number of aryl methyl sites for hydroxylation is 1. The maximum Gasteiger partial charge on any atom is 0.131 e. The van der Waals surface area contributed by atoms with Crippen molar-refractivity contribution in [3.63, 3.8) is 0 Å². The minimum absolute atomic E-state index is 0.186. The molecule has 2 rings (SSSR count). The summed E-state index contributed by atoms with van der Waals surface area (Å²) in [5.74, 6) is 0.914. The first-order chi connectivity index (χ1) is 9.19. The number of aromatic nitrogens is 1. The third kappa shape index (κ3) is 4.04. The van der Waals surface area contributed by atoms with Gasteiger partial charge < -0.3 is 10.5 Å². The van der Waals surface area contributed by atoms with Crippen LogP contribution in [0.25, 0.3) is 0 Å². The zero-order chi connectivity index (χ0) is 13.7. The summed E-state index contributed by atoms with van der Waals surface area (Å²) in [6.45, 7) is 4.62. The SMILES string of the molecule is CCC(N)Cc1ccccc1OCc1csc(C)n1. The Hall–Kier alpha value is -1.39. The van der Waals surface area contributed by atoms with E-state index >= 15 is 0 Å². The van der Waals surface area contributed by atoms with Crippen LogP contribution in [-0.2, 0) is 13.0 Å². The van der Waals surface area contributed by atoms with Gasteiger partial charge in [0.15, 0.2) is 0 Å². The Bertz CT molecular complexity index is 524. The molecule has 0 aliphatic rings. The van der Waals surface area contributed by atoms with Gasteiger partial charge >= 0.3 is 0 Å². The molecule has 0 amide bonds. The average molecular weight is 276 g/mol. The molecular formula is C15H20N2OS. The molecule has 3 nitrogen and oxygen atoms in total. The van der Waals surface area contributed by atoms with Gasteiger partial charge in [0.2, 0.25) is 0 Å². The van der Waals surface area contributed by atoms with Crippen molar-refractivity contribution in [3.05, 3.63) is 45.9 Å². The summed E-state index contributed by atoms with van der Waals surface area (Å²) in [6.07, 6.45) is 1.82. The van der Waals surface area contributed by atoms with Crippen molar-refractivity contribution < 1.29 is 4.74 Å². The van der Waals surface area contributed by atoms with Crippen LogP contribution >= 0.6 is 11.3 Å². The monoisotopic (exact) mass is 276 g/mol. The van der Waals surface area contributed by atoms with E-state index in [1.165, 1.54) is 5.56 Å². The standard InChI is InChI=1S/C15H20N2OS/c1-3-13(16)8-12-6-4-5-7-15(12)18-9-14-10-19-11(2)17-14/h4-7,10,13H,3,8-9,16H2,1-2H3. The summed E-state index contributed by atoms with van der Waals surface area (Å²) >= 11 is 1.65. The highest BCUT2D eigenvalue weighted by Gasteiger charge is 2.08.